The zero-order valence-electron chi connectivity index (χ0n) is 42.8. The van der Waals surface area contributed by atoms with Crippen molar-refractivity contribution < 1.29 is 13.2 Å². The van der Waals surface area contributed by atoms with Gasteiger partial charge in [-0.25, -0.2) is 4.98 Å². The summed E-state index contributed by atoms with van der Waals surface area (Å²) in [6.07, 6.45) is -4.99. The highest BCUT2D eigenvalue weighted by Gasteiger charge is 2.52. The maximum atomic E-state index is 18.1. The zero-order chi connectivity index (χ0) is 51.3. The monoisotopic (exact) mass is 975 g/mol. The van der Waals surface area contributed by atoms with Crippen molar-refractivity contribution in [3.8, 4) is 0 Å². The van der Waals surface area contributed by atoms with E-state index in [0.29, 0.717) is 34.3 Å². The van der Waals surface area contributed by atoms with E-state index in [2.05, 4.69) is 138 Å². The highest BCUT2D eigenvalue weighted by atomic mass is 19.4. The third-order valence-electron chi connectivity index (χ3n) is 16.8. The van der Waals surface area contributed by atoms with E-state index in [9.17, 15) is 0 Å². The van der Waals surface area contributed by atoms with E-state index in [1.54, 1.807) is 4.90 Å². The van der Waals surface area contributed by atoms with Crippen LogP contribution in [-0.2, 0) is 27.8 Å². The summed E-state index contributed by atoms with van der Waals surface area (Å²) in [7, 11) is 0. The summed E-state index contributed by atoms with van der Waals surface area (Å²) in [6, 6.07) is 64.8. The Morgan fingerprint density at radius 3 is 0.730 bits per heavy atom. The number of pyridine rings is 1. The van der Waals surface area contributed by atoms with Crippen molar-refractivity contribution in [3.63, 3.8) is 0 Å². The molecule has 9 aromatic rings. The summed E-state index contributed by atoms with van der Waals surface area (Å²) < 4.78 is 54.4. The number of nitrogens with zero attached hydrogens (tertiary/aromatic N) is 5. The van der Waals surface area contributed by atoms with Crippen LogP contribution in [-0.4, -0.2) is 4.98 Å². The van der Waals surface area contributed by atoms with Crippen LogP contribution >= 0.6 is 0 Å². The summed E-state index contributed by atoms with van der Waals surface area (Å²) in [5, 5.41) is 0. The van der Waals surface area contributed by atoms with Gasteiger partial charge in [0.2, 0.25) is 0 Å². The molecule has 4 aliphatic rings. The number of rotatable bonds is 4. The Morgan fingerprint density at radius 2 is 0.486 bits per heavy atom. The van der Waals surface area contributed by atoms with Gasteiger partial charge in [0.1, 0.15) is 11.3 Å². The molecule has 0 saturated carbocycles. The Labute approximate surface area is 431 Å². The topological polar surface area (TPSA) is 25.9 Å². The lowest BCUT2D eigenvalue weighted by molar-refractivity contribution is -0.136. The molecule has 1 aromatic heterocycles. The quantitative estimate of drug-likeness (QED) is 0.175. The lowest BCUT2D eigenvalue weighted by Gasteiger charge is -2.49. The summed E-state index contributed by atoms with van der Waals surface area (Å²) >= 11 is 0. The van der Waals surface area contributed by atoms with Crippen molar-refractivity contribution in [1.29, 1.82) is 0 Å². The predicted molar refractivity (Wildman–Crippen MR) is 296 cm³/mol. The number of aromatic nitrogens is 1. The van der Waals surface area contributed by atoms with E-state index in [1.807, 2.05) is 126 Å². The first-order chi connectivity index (χ1) is 35.4. The van der Waals surface area contributed by atoms with Gasteiger partial charge in [-0.1, -0.05) is 201 Å². The number of fused-ring (bicyclic) bond motifs is 8. The lowest BCUT2D eigenvalue weighted by atomic mass is 9.72. The van der Waals surface area contributed by atoms with Crippen LogP contribution < -0.4 is 19.6 Å². The Kier molecular flexibility index (Phi) is 9.71. The fourth-order valence-corrected chi connectivity index (χ4v) is 13.2. The van der Waals surface area contributed by atoms with E-state index in [0.717, 1.165) is 67.3 Å². The highest BCUT2D eigenvalue weighted by Crippen LogP contribution is 2.66. The van der Waals surface area contributed by atoms with E-state index in [4.69, 9.17) is 4.98 Å². The zero-order valence-corrected chi connectivity index (χ0v) is 42.8. The first-order valence-corrected chi connectivity index (χ1v) is 25.6. The Hall–Kier alpha value is -8.10. The van der Waals surface area contributed by atoms with E-state index < -0.39 is 33.4 Å². The minimum Gasteiger partial charge on any atom is -0.307 e. The third-order valence-corrected chi connectivity index (χ3v) is 16.8. The second kappa shape index (κ2) is 15.7. The number of benzene rings is 8. The van der Waals surface area contributed by atoms with Crippen LogP contribution in [0.25, 0.3) is 0 Å². The van der Waals surface area contributed by atoms with Crippen molar-refractivity contribution in [2.45, 2.75) is 83.2 Å². The molecule has 4 aliphatic heterocycles. The Bertz CT molecular complexity index is 3590. The Balaban J connectivity index is 1.31. The molecule has 0 aliphatic carbocycles. The Morgan fingerprint density at radius 1 is 0.284 bits per heavy atom. The van der Waals surface area contributed by atoms with Gasteiger partial charge in [-0.3, -0.25) is 9.80 Å². The fraction of sp³-hybridized carbons (Fsp3) is 0.197. The third kappa shape index (κ3) is 6.20. The molecule has 0 radical (unpaired) electrons. The molecule has 0 spiro atoms. The van der Waals surface area contributed by atoms with Gasteiger partial charge in [-0.2, -0.15) is 13.2 Å². The van der Waals surface area contributed by atoms with Crippen LogP contribution in [0.3, 0.4) is 0 Å². The molecule has 366 valence electrons. The molecule has 8 aromatic carbocycles. The normalized spacial score (nSPS) is 16.9. The average Bonchev–Trinajstić information content (AvgIpc) is 3.40. The fourth-order valence-electron chi connectivity index (χ4n) is 13.2. The first-order valence-electron chi connectivity index (χ1n) is 25.6. The number of hydrogen-bond acceptors (Lipinski definition) is 5. The molecule has 5 nitrogen and oxygen atoms in total. The minimum absolute atomic E-state index is 0.0307. The number of halogens is 3. The van der Waals surface area contributed by atoms with Gasteiger partial charge >= 0.3 is 6.18 Å². The van der Waals surface area contributed by atoms with Crippen molar-refractivity contribution in [3.05, 3.63) is 244 Å². The van der Waals surface area contributed by atoms with Gasteiger partial charge in [0.15, 0.2) is 11.6 Å². The van der Waals surface area contributed by atoms with Crippen molar-refractivity contribution in [2.75, 3.05) is 19.6 Å². The minimum atomic E-state index is -4.99. The molecule has 0 unspecified atom stereocenters. The molecule has 0 saturated heterocycles. The predicted octanol–water partition coefficient (Wildman–Crippen LogP) is 18.5. The van der Waals surface area contributed by atoms with E-state index >= 15 is 13.2 Å². The molecule has 0 fully saturated rings. The molecule has 0 N–H and O–H groups in total. The second-order valence-corrected chi connectivity index (χ2v) is 22.3. The molecule has 0 bridgehead atoms. The standard InChI is InChI=1S/C66H56F3N5/c1-62(2)41-25-9-17-33-49(41)71(50-34-18-10-26-42(50)62)58-57(66(67,68)69)60(73-53-37-21-13-29-45(53)64(5,6)46-30-14-22-38-54(46)73)70-61(74-55-39-23-15-31-47(55)65(7,8)48-32-16-24-40-56(48)74)59(58)72-51-35-19-11-27-43(51)63(3,4)44-28-12-20-36-52(44)72/h9-40H,1-8H3. The lowest BCUT2D eigenvalue weighted by Crippen LogP contribution is -2.37. The maximum absolute atomic E-state index is 18.1. The van der Waals surface area contributed by atoms with Crippen LogP contribution in [0.1, 0.15) is 105 Å². The summed E-state index contributed by atoms with van der Waals surface area (Å²) in [5.74, 6) is 0.127. The molecular weight excluding hydrogens is 920 g/mol. The molecular formula is C66H56F3N5. The van der Waals surface area contributed by atoms with Crippen LogP contribution in [0.4, 0.5) is 81.7 Å². The van der Waals surface area contributed by atoms with Gasteiger partial charge in [-0.05, 0) is 93.0 Å². The molecule has 0 atom stereocenters. The second-order valence-electron chi connectivity index (χ2n) is 22.3. The van der Waals surface area contributed by atoms with Gasteiger partial charge in [-0.15, -0.1) is 0 Å². The maximum Gasteiger partial charge on any atom is 0.422 e. The van der Waals surface area contributed by atoms with Crippen molar-refractivity contribution >= 4 is 68.5 Å². The molecule has 13 rings (SSSR count). The molecule has 0 amide bonds. The van der Waals surface area contributed by atoms with Crippen LogP contribution in [0.2, 0.25) is 0 Å². The van der Waals surface area contributed by atoms with Gasteiger partial charge < -0.3 is 9.80 Å². The first kappa shape index (κ1) is 45.7. The number of hydrogen-bond donors (Lipinski definition) is 0. The van der Waals surface area contributed by atoms with Crippen molar-refractivity contribution in [2.24, 2.45) is 0 Å². The number of para-hydroxylation sites is 8. The van der Waals surface area contributed by atoms with Gasteiger partial charge in [0, 0.05) is 21.7 Å². The summed E-state index contributed by atoms with van der Waals surface area (Å²) in [6.45, 7) is 17.5. The molecule has 8 heteroatoms. The van der Waals surface area contributed by atoms with E-state index in [1.165, 1.54) is 0 Å². The van der Waals surface area contributed by atoms with Crippen LogP contribution in [0.15, 0.2) is 194 Å². The highest BCUT2D eigenvalue weighted by molar-refractivity contribution is 6.07. The summed E-state index contributed by atoms with van der Waals surface area (Å²) in [4.78, 5) is 13.8. The number of alkyl halides is 3. The van der Waals surface area contributed by atoms with Crippen LogP contribution in [0.5, 0.6) is 0 Å². The van der Waals surface area contributed by atoms with Crippen molar-refractivity contribution in [1.82, 2.24) is 4.98 Å². The molecule has 74 heavy (non-hydrogen) atoms. The van der Waals surface area contributed by atoms with Gasteiger partial charge in [0.25, 0.3) is 0 Å². The smallest absolute Gasteiger partial charge is 0.307 e. The number of anilines is 12. The summed E-state index contributed by atoms with van der Waals surface area (Å²) in [5.41, 5.74) is 10.7. The SMILES string of the molecule is CC1(C)c2ccccc2N(c2nc(N3c4ccccc4C(C)(C)c4ccccc43)c(C(F)(F)F)c(N3c4ccccc4C(C)(C)c4ccccc43)c2N2c3ccccc3C(C)(C)c3ccccc32)c2ccccc21. The van der Waals surface area contributed by atoms with Gasteiger partial charge in [0.05, 0.1) is 51.2 Å². The van der Waals surface area contributed by atoms with Crippen LogP contribution in [0, 0.1) is 0 Å². The largest absolute Gasteiger partial charge is 0.422 e. The average molecular weight is 976 g/mol. The van der Waals surface area contributed by atoms with E-state index in [-0.39, 0.29) is 11.5 Å². The molecule has 5 heterocycles.